The van der Waals surface area contributed by atoms with Crippen LogP contribution in [0.25, 0.3) is 22.5 Å². The molecule has 10 rings (SSSR count). The van der Waals surface area contributed by atoms with Gasteiger partial charge in [-0.2, -0.15) is 36.3 Å². The summed E-state index contributed by atoms with van der Waals surface area (Å²) < 4.78 is 98.8. The average Bonchev–Trinajstić information content (AvgIpc) is 3.37. The van der Waals surface area contributed by atoms with Crippen molar-refractivity contribution in [1.29, 1.82) is 0 Å². The monoisotopic (exact) mass is 1020 g/mol. The van der Waals surface area contributed by atoms with Gasteiger partial charge in [0.2, 0.25) is 11.9 Å². The van der Waals surface area contributed by atoms with Crippen molar-refractivity contribution < 1.29 is 55.2 Å². The molecule has 22 heteroatoms. The zero-order chi connectivity index (χ0) is 51.7. The Kier molecular flexibility index (Phi) is 14.1. The summed E-state index contributed by atoms with van der Waals surface area (Å²) in [5.41, 5.74) is 2.25. The molecule has 6 heterocycles. The molecule has 2 aromatic heterocycles. The van der Waals surface area contributed by atoms with Crippen molar-refractivity contribution in [3.8, 4) is 22.5 Å². The van der Waals surface area contributed by atoms with Gasteiger partial charge in [-0.1, -0.05) is 24.3 Å². The number of β-amino-alcohol motifs (C(OH)–C–C–N with tert-alkyl or cyclic N) is 1. The van der Waals surface area contributed by atoms with E-state index in [0.717, 1.165) is 29.8 Å². The van der Waals surface area contributed by atoms with Crippen LogP contribution in [-0.4, -0.2) is 128 Å². The number of aromatic nitrogens is 4. The molecular weight excluding hydrogens is 975 g/mol. The molecule has 4 aromatic carbocycles. The van der Waals surface area contributed by atoms with E-state index in [1.807, 2.05) is 28.9 Å². The summed E-state index contributed by atoms with van der Waals surface area (Å²) in [7, 11) is 0. The zero-order valence-electron chi connectivity index (χ0n) is 39.9. The number of carbonyl (C=O) groups is 2. The third-order valence-electron chi connectivity index (χ3n) is 13.1. The number of nitrogens with one attached hydrogen (secondary N) is 2. The lowest BCUT2D eigenvalue weighted by Gasteiger charge is -2.39. The first kappa shape index (κ1) is 50.1. The zero-order valence-corrected chi connectivity index (χ0v) is 39.9. The topological polar surface area (TPSA) is 171 Å². The van der Waals surface area contributed by atoms with Crippen molar-refractivity contribution in [3.05, 3.63) is 130 Å². The first-order valence-corrected chi connectivity index (χ1v) is 24.0. The first-order chi connectivity index (χ1) is 35.5. The maximum Gasteiger partial charge on any atom is 0.416 e. The summed E-state index contributed by atoms with van der Waals surface area (Å²) in [4.78, 5) is 54.7. The molecule has 4 fully saturated rings. The molecule has 2 amide bonds. The highest BCUT2D eigenvalue weighted by atomic mass is 19.4. The van der Waals surface area contributed by atoms with E-state index in [2.05, 4.69) is 20.4 Å². The standard InChI is InChI=1S/C52H50F6N10O6/c1-31-8-11-38(60-47(70)32-4-2-5-35(20-32)51(53,54)55)23-41(31)43-24-45(65-12-16-72-17-13-65)64-50(61-43)68-28-40(29-68)74-30-34-10-9-33(48(71)59-37-7-3-6-36(22-37)52(56,57)58)21-42(34)44-25-46(66-14-18-73-19-15-66)63-49(62-44)67-26-39(69)27-67/h2-11,20-25,39-40,69H,12-19,26-30H2,1H3,(H,59,71)(H,60,70). The number of hydrogen-bond donors (Lipinski definition) is 3. The lowest BCUT2D eigenvalue weighted by Crippen LogP contribution is -2.53. The molecule has 0 unspecified atom stereocenters. The van der Waals surface area contributed by atoms with Crippen LogP contribution in [-0.2, 0) is 33.2 Å². The molecule has 0 saturated carbocycles. The quantitative estimate of drug-likeness (QED) is 0.0962. The minimum absolute atomic E-state index is 0.0280. The molecule has 0 aliphatic carbocycles. The van der Waals surface area contributed by atoms with Crippen LogP contribution < -0.4 is 30.2 Å². The van der Waals surface area contributed by atoms with Crippen molar-refractivity contribution in [2.45, 2.75) is 38.1 Å². The van der Waals surface area contributed by atoms with Gasteiger partial charge in [0, 0.05) is 98.1 Å². The summed E-state index contributed by atoms with van der Waals surface area (Å²) in [5.74, 6) is 0.751. The van der Waals surface area contributed by atoms with E-state index in [1.165, 1.54) is 24.3 Å². The predicted octanol–water partition coefficient (Wildman–Crippen LogP) is 7.71. The molecule has 4 saturated heterocycles. The van der Waals surface area contributed by atoms with Gasteiger partial charge < -0.3 is 49.6 Å². The van der Waals surface area contributed by atoms with Crippen molar-refractivity contribution in [2.75, 3.05) is 109 Å². The molecule has 0 atom stereocenters. The van der Waals surface area contributed by atoms with Crippen LogP contribution in [0.5, 0.6) is 0 Å². The molecule has 74 heavy (non-hydrogen) atoms. The highest BCUT2D eigenvalue weighted by Gasteiger charge is 2.34. The minimum atomic E-state index is -4.61. The van der Waals surface area contributed by atoms with Crippen molar-refractivity contribution >= 4 is 46.7 Å². The lowest BCUT2D eigenvalue weighted by atomic mass is 10.00. The van der Waals surface area contributed by atoms with E-state index in [4.69, 9.17) is 34.1 Å². The third-order valence-corrected chi connectivity index (χ3v) is 13.1. The number of aliphatic hydroxyl groups excluding tert-OH is 1. The van der Waals surface area contributed by atoms with Gasteiger partial charge >= 0.3 is 12.4 Å². The fraction of sp³-hybridized carbons (Fsp3) is 0.346. The number of aryl methyl sites for hydroxylation is 1. The Balaban J connectivity index is 0.908. The highest BCUT2D eigenvalue weighted by molar-refractivity contribution is 6.05. The fourth-order valence-corrected chi connectivity index (χ4v) is 8.92. The summed E-state index contributed by atoms with van der Waals surface area (Å²) >= 11 is 0. The molecule has 6 aromatic rings. The van der Waals surface area contributed by atoms with Gasteiger partial charge in [0.05, 0.1) is 67.8 Å². The second-order valence-electron chi connectivity index (χ2n) is 18.4. The number of benzene rings is 4. The molecule has 0 radical (unpaired) electrons. The third kappa shape index (κ3) is 11.4. The van der Waals surface area contributed by atoms with E-state index in [0.29, 0.717) is 136 Å². The number of ether oxygens (including phenoxy) is 3. The lowest BCUT2D eigenvalue weighted by molar-refractivity contribution is -0.138. The first-order valence-electron chi connectivity index (χ1n) is 24.0. The van der Waals surface area contributed by atoms with Gasteiger partial charge in [0.25, 0.3) is 11.8 Å². The number of aliphatic hydroxyl groups is 1. The number of carbonyl (C=O) groups excluding carboxylic acids is 2. The van der Waals surface area contributed by atoms with Crippen LogP contribution in [0.2, 0.25) is 0 Å². The molecule has 3 N–H and O–H groups in total. The van der Waals surface area contributed by atoms with Crippen LogP contribution in [0.4, 0.5) is 61.2 Å². The van der Waals surface area contributed by atoms with Crippen LogP contribution in [0, 0.1) is 6.92 Å². The van der Waals surface area contributed by atoms with Gasteiger partial charge in [0.1, 0.15) is 11.6 Å². The number of anilines is 6. The van der Waals surface area contributed by atoms with E-state index in [1.54, 1.807) is 36.4 Å². The minimum Gasteiger partial charge on any atom is -0.389 e. The number of nitrogens with zero attached hydrogens (tertiary/aromatic N) is 8. The average molecular weight is 1030 g/mol. The number of morpholine rings is 2. The van der Waals surface area contributed by atoms with Crippen LogP contribution >= 0.6 is 0 Å². The van der Waals surface area contributed by atoms with Crippen molar-refractivity contribution in [1.82, 2.24) is 19.9 Å². The second kappa shape index (κ2) is 20.8. The highest BCUT2D eigenvalue weighted by Crippen LogP contribution is 2.36. The molecule has 0 spiro atoms. The van der Waals surface area contributed by atoms with Crippen LogP contribution in [0.1, 0.15) is 43.0 Å². The molecule has 4 aliphatic rings. The summed E-state index contributed by atoms with van der Waals surface area (Å²) in [6, 6.07) is 22.5. The normalized spacial score (nSPS) is 16.7. The number of halogens is 6. The maximum atomic E-state index is 13.8. The smallest absolute Gasteiger partial charge is 0.389 e. The van der Waals surface area contributed by atoms with Gasteiger partial charge in [-0.3, -0.25) is 9.59 Å². The molecular formula is C52H50F6N10O6. The van der Waals surface area contributed by atoms with Crippen molar-refractivity contribution in [2.24, 2.45) is 0 Å². The van der Waals surface area contributed by atoms with E-state index < -0.39 is 41.4 Å². The van der Waals surface area contributed by atoms with E-state index in [-0.39, 0.29) is 29.5 Å². The van der Waals surface area contributed by atoms with Gasteiger partial charge in [0.15, 0.2) is 0 Å². The van der Waals surface area contributed by atoms with Gasteiger partial charge in [-0.15, -0.1) is 0 Å². The fourth-order valence-electron chi connectivity index (χ4n) is 8.92. The molecule has 16 nitrogen and oxygen atoms in total. The number of hydrogen-bond acceptors (Lipinski definition) is 14. The van der Waals surface area contributed by atoms with E-state index >= 15 is 0 Å². The Morgan fingerprint density at radius 3 is 1.72 bits per heavy atom. The van der Waals surface area contributed by atoms with Crippen LogP contribution in [0.15, 0.2) is 97.1 Å². The van der Waals surface area contributed by atoms with Gasteiger partial charge in [-0.25, -0.2) is 9.97 Å². The largest absolute Gasteiger partial charge is 0.416 e. The molecule has 4 aliphatic heterocycles. The van der Waals surface area contributed by atoms with Crippen LogP contribution in [0.3, 0.4) is 0 Å². The summed E-state index contributed by atoms with van der Waals surface area (Å²) in [5, 5.41) is 15.5. The number of alkyl halides is 6. The Morgan fingerprint density at radius 1 is 0.608 bits per heavy atom. The SMILES string of the molecule is Cc1ccc(NC(=O)c2cccc(C(F)(F)F)c2)cc1-c1cc(N2CCOCC2)nc(N2CC(OCc3ccc(C(=O)Nc4cccc(C(F)(F)F)c4)cc3-c3cc(N4CCOCC4)nc(N4CC(O)C4)n3)C2)n1. The van der Waals surface area contributed by atoms with Gasteiger partial charge in [-0.05, 0) is 78.7 Å². The number of amides is 2. The summed E-state index contributed by atoms with van der Waals surface area (Å²) in [6.45, 7) is 7.74. The molecule has 0 bridgehead atoms. The molecule has 386 valence electrons. The Bertz CT molecular complexity index is 3050. The summed E-state index contributed by atoms with van der Waals surface area (Å²) in [6.07, 6.45) is -10.1. The Hall–Kier alpha value is -7.40. The maximum absolute atomic E-state index is 13.8. The second-order valence-corrected chi connectivity index (χ2v) is 18.4. The Morgan fingerprint density at radius 2 is 1.14 bits per heavy atom. The van der Waals surface area contributed by atoms with Crippen molar-refractivity contribution in [3.63, 3.8) is 0 Å². The Labute approximate surface area is 420 Å². The predicted molar refractivity (Wildman–Crippen MR) is 264 cm³/mol. The van der Waals surface area contributed by atoms with E-state index in [9.17, 15) is 41.0 Å². The number of rotatable bonds is 13.